The number of hydrogen-bond acceptors (Lipinski definition) is 6. The van der Waals surface area contributed by atoms with Crippen molar-refractivity contribution in [3.63, 3.8) is 0 Å². The number of sulfonamides is 1. The number of hydrogen-bond donors (Lipinski definition) is 0. The van der Waals surface area contributed by atoms with E-state index in [1.807, 2.05) is 32.9 Å². The summed E-state index contributed by atoms with van der Waals surface area (Å²) in [7, 11) is -3.53. The average Bonchev–Trinajstić information content (AvgIpc) is 2.63. The molecule has 1 fully saturated rings. The first kappa shape index (κ1) is 21.2. The molecule has 1 aliphatic heterocycles. The van der Waals surface area contributed by atoms with Gasteiger partial charge in [-0.05, 0) is 43.8 Å². The molecule has 26 heavy (non-hydrogen) atoms. The number of benzene rings is 1. The Balaban J connectivity index is 2.19. The fourth-order valence-corrected chi connectivity index (χ4v) is 6.07. The molecule has 0 radical (unpaired) electrons. The predicted octanol–water partition coefficient (Wildman–Crippen LogP) is 3.00. The largest absolute Gasteiger partial charge is 0.466 e. The Bertz CT molecular complexity index is 705. The van der Waals surface area contributed by atoms with Gasteiger partial charge in [0.1, 0.15) is 0 Å². The molecule has 0 N–H and O–H groups in total. The molecule has 1 heterocycles. The molecule has 1 aromatic rings. The van der Waals surface area contributed by atoms with E-state index in [4.69, 9.17) is 4.74 Å². The fraction of sp³-hybridized carbons (Fsp3) is 0.611. The third kappa shape index (κ3) is 5.00. The van der Waals surface area contributed by atoms with E-state index in [0.717, 1.165) is 19.4 Å². The molecular weight excluding hydrogens is 372 g/mol. The summed E-state index contributed by atoms with van der Waals surface area (Å²) in [6.45, 7) is 8.13. The zero-order valence-corrected chi connectivity index (χ0v) is 17.3. The lowest BCUT2D eigenvalue weighted by Crippen LogP contribution is -2.36. The van der Waals surface area contributed by atoms with Gasteiger partial charge in [-0.3, -0.25) is 4.79 Å². The highest BCUT2D eigenvalue weighted by Crippen LogP contribution is 2.34. The Morgan fingerprint density at radius 2 is 1.96 bits per heavy atom. The van der Waals surface area contributed by atoms with Gasteiger partial charge in [0.25, 0.3) is 0 Å². The molecule has 0 aromatic heterocycles. The van der Waals surface area contributed by atoms with Crippen molar-refractivity contribution in [2.24, 2.45) is 5.92 Å². The van der Waals surface area contributed by atoms with Gasteiger partial charge in [0.05, 0.1) is 17.4 Å². The van der Waals surface area contributed by atoms with E-state index in [0.29, 0.717) is 36.0 Å². The van der Waals surface area contributed by atoms with Crippen molar-refractivity contribution < 1.29 is 17.9 Å². The minimum Gasteiger partial charge on any atom is -0.466 e. The highest BCUT2D eigenvalue weighted by atomic mass is 32.2. The van der Waals surface area contributed by atoms with Gasteiger partial charge in [-0.15, -0.1) is 0 Å². The minimum absolute atomic E-state index is 0.150. The number of piperidine rings is 1. The summed E-state index contributed by atoms with van der Waals surface area (Å²) in [6.07, 6.45) is 1.71. The number of nitrogens with zero attached hydrogens (tertiary/aromatic N) is 2. The van der Waals surface area contributed by atoms with Gasteiger partial charge < -0.3 is 4.74 Å². The molecule has 0 aliphatic carbocycles. The van der Waals surface area contributed by atoms with Crippen LogP contribution in [0.25, 0.3) is 0 Å². The van der Waals surface area contributed by atoms with Gasteiger partial charge >= 0.3 is 5.97 Å². The molecular formula is C18H28N2O4S2. The Morgan fingerprint density at radius 3 is 2.62 bits per heavy atom. The molecule has 2 rings (SSSR count). The smallest absolute Gasteiger partial charge is 0.310 e. The van der Waals surface area contributed by atoms with Crippen molar-refractivity contribution in [3.8, 4) is 0 Å². The summed E-state index contributed by atoms with van der Waals surface area (Å²) in [6, 6.07) is 7.08. The lowest BCUT2D eigenvalue weighted by Gasteiger charge is -2.31. The Labute approximate surface area is 161 Å². The molecule has 6 nitrogen and oxygen atoms in total. The van der Waals surface area contributed by atoms with Crippen LogP contribution in [0, 0.1) is 5.92 Å². The van der Waals surface area contributed by atoms with E-state index in [2.05, 4.69) is 4.31 Å². The van der Waals surface area contributed by atoms with Crippen molar-refractivity contribution in [3.05, 3.63) is 24.3 Å². The van der Waals surface area contributed by atoms with Gasteiger partial charge in [0.15, 0.2) is 0 Å². The molecule has 0 bridgehead atoms. The number of carbonyl (C=O) groups is 1. The van der Waals surface area contributed by atoms with E-state index in [9.17, 15) is 13.2 Å². The summed E-state index contributed by atoms with van der Waals surface area (Å²) in [5.41, 5.74) is 0. The standard InChI is InChI=1S/C18H28N2O4S2/c1-4-20(5-2)26(22,23)17-12-8-7-11-16(17)25-19-13-9-10-15(14-19)18(21)24-6-3/h7-8,11-12,15H,4-6,9-10,13-14H2,1-3H3/t15-/m1/s1. The van der Waals surface area contributed by atoms with Gasteiger partial charge in [0, 0.05) is 31.1 Å². The first-order chi connectivity index (χ1) is 12.4. The Kier molecular flexibility index (Phi) is 7.94. The van der Waals surface area contributed by atoms with E-state index < -0.39 is 10.0 Å². The maximum absolute atomic E-state index is 12.9. The van der Waals surface area contributed by atoms with Crippen molar-refractivity contribution in [2.45, 2.75) is 43.4 Å². The molecule has 1 atom stereocenters. The highest BCUT2D eigenvalue weighted by Gasteiger charge is 2.30. The van der Waals surface area contributed by atoms with Crippen LogP contribution >= 0.6 is 11.9 Å². The van der Waals surface area contributed by atoms with Crippen LogP contribution in [0.1, 0.15) is 33.6 Å². The normalized spacial score (nSPS) is 18.8. The molecule has 0 saturated carbocycles. The first-order valence-corrected chi connectivity index (χ1v) is 11.3. The van der Waals surface area contributed by atoms with Crippen LogP contribution in [0.15, 0.2) is 34.1 Å². The fourth-order valence-electron chi connectivity index (χ4n) is 3.06. The summed E-state index contributed by atoms with van der Waals surface area (Å²) in [5.74, 6) is -0.315. The molecule has 146 valence electrons. The van der Waals surface area contributed by atoms with Crippen molar-refractivity contribution in [1.82, 2.24) is 8.61 Å². The number of rotatable bonds is 8. The van der Waals surface area contributed by atoms with E-state index in [1.165, 1.54) is 16.3 Å². The van der Waals surface area contributed by atoms with Gasteiger partial charge in [-0.25, -0.2) is 12.7 Å². The Hall–Kier alpha value is -1.09. The lowest BCUT2D eigenvalue weighted by molar-refractivity contribution is -0.149. The van der Waals surface area contributed by atoms with Crippen LogP contribution in [0.3, 0.4) is 0 Å². The van der Waals surface area contributed by atoms with Crippen LogP contribution in [0.2, 0.25) is 0 Å². The third-order valence-electron chi connectivity index (χ3n) is 4.40. The van der Waals surface area contributed by atoms with Gasteiger partial charge in [-0.2, -0.15) is 4.31 Å². The summed E-state index contributed by atoms with van der Waals surface area (Å²) in [5, 5.41) is 0. The van der Waals surface area contributed by atoms with Gasteiger partial charge in [0.2, 0.25) is 10.0 Å². The van der Waals surface area contributed by atoms with Crippen LogP contribution in [0.4, 0.5) is 0 Å². The van der Waals surface area contributed by atoms with Crippen molar-refractivity contribution >= 4 is 27.9 Å². The van der Waals surface area contributed by atoms with Crippen LogP contribution in [-0.2, 0) is 19.6 Å². The molecule has 8 heteroatoms. The predicted molar refractivity (Wildman–Crippen MR) is 103 cm³/mol. The summed E-state index contributed by atoms with van der Waals surface area (Å²) in [4.78, 5) is 13.1. The minimum atomic E-state index is -3.53. The van der Waals surface area contributed by atoms with Crippen LogP contribution in [0.5, 0.6) is 0 Å². The topological polar surface area (TPSA) is 66.9 Å². The molecule has 1 saturated heterocycles. The molecule has 1 aliphatic rings. The highest BCUT2D eigenvalue weighted by molar-refractivity contribution is 7.98. The molecule has 0 unspecified atom stereocenters. The molecule has 1 aromatic carbocycles. The maximum atomic E-state index is 12.9. The first-order valence-electron chi connectivity index (χ1n) is 9.12. The second-order valence-electron chi connectivity index (χ2n) is 6.11. The summed E-state index contributed by atoms with van der Waals surface area (Å²) >= 11 is 1.42. The van der Waals surface area contributed by atoms with E-state index >= 15 is 0 Å². The zero-order valence-electron chi connectivity index (χ0n) is 15.7. The SMILES string of the molecule is CCOC(=O)[C@@H]1CCCN(Sc2ccccc2S(=O)(=O)N(CC)CC)C1. The second-order valence-corrected chi connectivity index (χ2v) is 9.15. The average molecular weight is 401 g/mol. The van der Waals surface area contributed by atoms with Crippen LogP contribution < -0.4 is 0 Å². The molecule has 0 spiro atoms. The van der Waals surface area contributed by atoms with Gasteiger partial charge in [-0.1, -0.05) is 26.0 Å². The summed E-state index contributed by atoms with van der Waals surface area (Å²) < 4.78 is 34.5. The lowest BCUT2D eigenvalue weighted by atomic mass is 10.0. The van der Waals surface area contributed by atoms with Crippen molar-refractivity contribution in [2.75, 3.05) is 32.8 Å². The Morgan fingerprint density at radius 1 is 1.27 bits per heavy atom. The van der Waals surface area contributed by atoms with E-state index in [1.54, 1.807) is 12.1 Å². The van der Waals surface area contributed by atoms with Crippen LogP contribution in [-0.4, -0.2) is 55.8 Å². The monoisotopic (exact) mass is 400 g/mol. The maximum Gasteiger partial charge on any atom is 0.310 e. The van der Waals surface area contributed by atoms with E-state index in [-0.39, 0.29) is 11.9 Å². The number of ether oxygens (including phenoxy) is 1. The molecule has 0 amide bonds. The quantitative estimate of drug-likeness (QED) is 0.494. The third-order valence-corrected chi connectivity index (χ3v) is 7.78. The number of esters is 1. The number of carbonyl (C=O) groups excluding carboxylic acids is 1. The second kappa shape index (κ2) is 9.73. The van der Waals surface area contributed by atoms with Crippen molar-refractivity contribution in [1.29, 1.82) is 0 Å². The zero-order chi connectivity index (χ0) is 19.2.